The number of aromatic amines is 1. The first kappa shape index (κ1) is 21.6. The van der Waals surface area contributed by atoms with Gasteiger partial charge in [0.25, 0.3) is 0 Å². The molecule has 0 radical (unpaired) electrons. The molecule has 2 aromatic heterocycles. The highest BCUT2D eigenvalue weighted by Gasteiger charge is 2.24. The molecule has 1 atom stereocenters. The Morgan fingerprint density at radius 1 is 1.19 bits per heavy atom. The molecule has 0 saturated carbocycles. The molecule has 7 heteroatoms. The zero-order chi connectivity index (χ0) is 21.6. The molecule has 3 heterocycles. The predicted molar refractivity (Wildman–Crippen MR) is 125 cm³/mol. The van der Waals surface area contributed by atoms with Crippen LogP contribution in [0.3, 0.4) is 0 Å². The molecule has 6 nitrogen and oxygen atoms in total. The summed E-state index contributed by atoms with van der Waals surface area (Å²) in [5.74, 6) is 0.179. The van der Waals surface area contributed by atoms with Crippen molar-refractivity contribution < 1.29 is 9.59 Å². The van der Waals surface area contributed by atoms with Crippen LogP contribution in [0.1, 0.15) is 30.2 Å². The fourth-order valence-corrected chi connectivity index (χ4v) is 5.06. The van der Waals surface area contributed by atoms with Crippen molar-refractivity contribution in [1.82, 2.24) is 20.5 Å². The summed E-state index contributed by atoms with van der Waals surface area (Å²) in [5.41, 5.74) is 2.07. The maximum atomic E-state index is 12.9. The molecule has 2 amide bonds. The minimum absolute atomic E-state index is 0.110. The number of hydrogen-bond acceptors (Lipinski definition) is 4. The van der Waals surface area contributed by atoms with Crippen LogP contribution in [0, 0.1) is 5.92 Å². The molecule has 0 spiro atoms. The number of para-hydroxylation sites is 1. The average Bonchev–Trinajstić information content (AvgIpc) is 3.42. The van der Waals surface area contributed by atoms with Crippen LogP contribution >= 0.6 is 11.3 Å². The first-order valence-electron chi connectivity index (χ1n) is 10.9. The molecule has 1 aromatic carbocycles. The first-order valence-corrected chi connectivity index (χ1v) is 11.8. The third-order valence-electron chi connectivity index (χ3n) is 6.02. The molecule has 1 unspecified atom stereocenters. The normalized spacial score (nSPS) is 16.3. The lowest BCUT2D eigenvalue weighted by Crippen LogP contribution is -2.49. The molecule has 1 aliphatic rings. The monoisotopic (exact) mass is 438 g/mol. The Hall–Kier alpha value is -2.64. The van der Waals surface area contributed by atoms with Gasteiger partial charge in [-0.3, -0.25) is 14.5 Å². The van der Waals surface area contributed by atoms with Gasteiger partial charge in [-0.15, -0.1) is 11.3 Å². The number of nitrogens with one attached hydrogen (secondary N) is 3. The van der Waals surface area contributed by atoms with Gasteiger partial charge in [-0.05, 0) is 54.9 Å². The second kappa shape index (κ2) is 10.1. The smallest absolute Gasteiger partial charge is 0.242 e. The van der Waals surface area contributed by atoms with E-state index in [4.69, 9.17) is 0 Å². The second-order valence-electron chi connectivity index (χ2n) is 8.36. The van der Waals surface area contributed by atoms with E-state index >= 15 is 0 Å². The predicted octanol–water partition coefficient (Wildman–Crippen LogP) is 3.31. The quantitative estimate of drug-likeness (QED) is 0.505. The van der Waals surface area contributed by atoms with E-state index in [9.17, 15) is 9.59 Å². The van der Waals surface area contributed by atoms with E-state index in [1.54, 1.807) is 11.3 Å². The summed E-state index contributed by atoms with van der Waals surface area (Å²) in [7, 11) is 0. The van der Waals surface area contributed by atoms with Crippen molar-refractivity contribution in [1.29, 1.82) is 0 Å². The molecular formula is C24H30N4O2S. The Morgan fingerprint density at radius 3 is 2.74 bits per heavy atom. The fraction of sp³-hybridized carbons (Fsp3) is 0.417. The van der Waals surface area contributed by atoms with Crippen molar-refractivity contribution >= 4 is 34.1 Å². The lowest BCUT2D eigenvalue weighted by Gasteiger charge is -2.32. The summed E-state index contributed by atoms with van der Waals surface area (Å²) < 4.78 is 0. The van der Waals surface area contributed by atoms with Crippen molar-refractivity contribution in [2.75, 3.05) is 19.6 Å². The third-order valence-corrected chi connectivity index (χ3v) is 6.89. The maximum absolute atomic E-state index is 12.9. The Bertz CT molecular complexity index is 1010. The zero-order valence-corrected chi connectivity index (χ0v) is 18.7. The van der Waals surface area contributed by atoms with Crippen LogP contribution in [0.25, 0.3) is 10.9 Å². The highest BCUT2D eigenvalue weighted by Crippen LogP contribution is 2.21. The topological polar surface area (TPSA) is 77.2 Å². The van der Waals surface area contributed by atoms with Gasteiger partial charge in [0.05, 0.1) is 0 Å². The van der Waals surface area contributed by atoms with Gasteiger partial charge < -0.3 is 15.6 Å². The number of fused-ring (bicyclic) bond motifs is 1. The van der Waals surface area contributed by atoms with Crippen LogP contribution in [-0.4, -0.2) is 47.4 Å². The van der Waals surface area contributed by atoms with E-state index < -0.39 is 6.04 Å². The van der Waals surface area contributed by atoms with E-state index in [2.05, 4.69) is 38.0 Å². The van der Waals surface area contributed by atoms with Gasteiger partial charge in [-0.2, -0.15) is 0 Å². The van der Waals surface area contributed by atoms with Crippen LogP contribution in [0.5, 0.6) is 0 Å². The van der Waals surface area contributed by atoms with Gasteiger partial charge in [0.15, 0.2) is 0 Å². The van der Waals surface area contributed by atoms with E-state index in [1.807, 2.05) is 30.5 Å². The summed E-state index contributed by atoms with van der Waals surface area (Å²) >= 11 is 1.81. The number of thiophene rings is 1. The minimum atomic E-state index is -0.573. The van der Waals surface area contributed by atoms with E-state index in [-0.39, 0.29) is 11.8 Å². The summed E-state index contributed by atoms with van der Waals surface area (Å²) in [6, 6.07) is 11.7. The SMILES string of the molecule is CC(=O)NC(Cc1c[nH]c2ccccc12)C(=O)NCC1CCN(Cc2cccs2)CC1. The van der Waals surface area contributed by atoms with E-state index in [0.29, 0.717) is 18.9 Å². The number of aromatic nitrogens is 1. The summed E-state index contributed by atoms with van der Waals surface area (Å²) in [4.78, 5) is 31.8. The number of hydrogen-bond donors (Lipinski definition) is 3. The second-order valence-corrected chi connectivity index (χ2v) is 9.39. The van der Waals surface area contributed by atoms with Gasteiger partial charge in [-0.1, -0.05) is 24.3 Å². The van der Waals surface area contributed by atoms with Crippen molar-refractivity contribution in [2.24, 2.45) is 5.92 Å². The number of carbonyl (C=O) groups is 2. The fourth-order valence-electron chi connectivity index (χ4n) is 4.31. The Kier molecular flexibility index (Phi) is 7.04. The highest BCUT2D eigenvalue weighted by molar-refractivity contribution is 7.09. The molecular weight excluding hydrogens is 408 g/mol. The van der Waals surface area contributed by atoms with Gasteiger partial charge in [-0.25, -0.2) is 0 Å². The van der Waals surface area contributed by atoms with Crippen molar-refractivity contribution in [3.8, 4) is 0 Å². The van der Waals surface area contributed by atoms with E-state index in [1.165, 1.54) is 11.8 Å². The standard InChI is InChI=1S/C24H30N4O2S/c1-17(29)27-23(13-19-15-25-22-7-3-2-6-21(19)22)24(30)26-14-18-8-10-28(11-9-18)16-20-5-4-12-31-20/h2-7,12,15,18,23,25H,8-11,13-14,16H2,1H3,(H,26,30)(H,27,29). The van der Waals surface area contributed by atoms with Crippen LogP contribution in [0.2, 0.25) is 0 Å². The zero-order valence-electron chi connectivity index (χ0n) is 17.9. The number of amides is 2. The van der Waals surface area contributed by atoms with E-state index in [0.717, 1.165) is 48.9 Å². The van der Waals surface area contributed by atoms with Gasteiger partial charge in [0, 0.05) is 48.4 Å². The van der Waals surface area contributed by atoms with Crippen LogP contribution in [0.4, 0.5) is 0 Å². The molecule has 0 aliphatic carbocycles. The average molecular weight is 439 g/mol. The molecule has 0 bridgehead atoms. The van der Waals surface area contributed by atoms with Crippen LogP contribution in [-0.2, 0) is 22.6 Å². The Labute approximate surface area is 187 Å². The minimum Gasteiger partial charge on any atom is -0.361 e. The number of H-pyrrole nitrogens is 1. The Balaban J connectivity index is 1.29. The van der Waals surface area contributed by atoms with Crippen molar-refractivity contribution in [3.05, 3.63) is 58.4 Å². The maximum Gasteiger partial charge on any atom is 0.242 e. The molecule has 31 heavy (non-hydrogen) atoms. The first-order chi connectivity index (χ1) is 15.1. The van der Waals surface area contributed by atoms with Crippen molar-refractivity contribution in [2.45, 2.75) is 38.8 Å². The number of rotatable bonds is 8. The molecule has 164 valence electrons. The van der Waals surface area contributed by atoms with Gasteiger partial charge in [0.2, 0.25) is 11.8 Å². The van der Waals surface area contributed by atoms with Gasteiger partial charge >= 0.3 is 0 Å². The van der Waals surface area contributed by atoms with Crippen molar-refractivity contribution in [3.63, 3.8) is 0 Å². The lowest BCUT2D eigenvalue weighted by atomic mass is 9.96. The number of benzene rings is 1. The van der Waals surface area contributed by atoms with Gasteiger partial charge in [0.1, 0.15) is 6.04 Å². The molecule has 3 aromatic rings. The Morgan fingerprint density at radius 2 is 2.00 bits per heavy atom. The highest BCUT2D eigenvalue weighted by atomic mass is 32.1. The van der Waals surface area contributed by atoms with Crippen LogP contribution < -0.4 is 10.6 Å². The summed E-state index contributed by atoms with van der Waals surface area (Å²) in [6.45, 7) is 5.26. The lowest BCUT2D eigenvalue weighted by molar-refractivity contribution is -0.128. The number of nitrogens with zero attached hydrogens (tertiary/aromatic N) is 1. The molecule has 1 fully saturated rings. The molecule has 3 N–H and O–H groups in total. The number of likely N-dealkylation sites (tertiary alicyclic amines) is 1. The molecule has 1 aliphatic heterocycles. The largest absolute Gasteiger partial charge is 0.361 e. The number of piperidine rings is 1. The molecule has 4 rings (SSSR count). The summed E-state index contributed by atoms with van der Waals surface area (Å²) in [6.07, 6.45) is 4.56. The summed E-state index contributed by atoms with van der Waals surface area (Å²) in [5, 5.41) is 9.14. The number of carbonyl (C=O) groups excluding carboxylic acids is 2. The third kappa shape index (κ3) is 5.74. The van der Waals surface area contributed by atoms with Crippen LogP contribution in [0.15, 0.2) is 48.0 Å². The molecule has 1 saturated heterocycles.